The van der Waals surface area contributed by atoms with Crippen LogP contribution in [0.2, 0.25) is 0 Å². The molecule has 0 aliphatic carbocycles. The van der Waals surface area contributed by atoms with Crippen molar-refractivity contribution in [2.24, 2.45) is 0 Å². The molecule has 0 amide bonds. The van der Waals surface area contributed by atoms with E-state index in [1.807, 2.05) is 0 Å². The highest BCUT2D eigenvalue weighted by Crippen LogP contribution is 2.35. The maximum absolute atomic E-state index is 12.4. The summed E-state index contributed by atoms with van der Waals surface area (Å²) < 4.78 is 37.3. The monoisotopic (exact) mass is 283 g/mol. The first-order valence-corrected chi connectivity index (χ1v) is 4.42. The number of rotatable bonds is 1. The van der Waals surface area contributed by atoms with Gasteiger partial charge in [-0.3, -0.25) is 0 Å². The molecule has 1 rings (SSSR count). The van der Waals surface area contributed by atoms with E-state index in [4.69, 9.17) is 10.8 Å². The SMILES string of the molecule is Nc1cc(C(F)(F)F)c(C(=O)O)cc1Br. The summed E-state index contributed by atoms with van der Waals surface area (Å²) in [4.78, 5) is 10.6. The Morgan fingerprint density at radius 1 is 1.40 bits per heavy atom. The van der Waals surface area contributed by atoms with E-state index in [-0.39, 0.29) is 10.2 Å². The third-order valence-electron chi connectivity index (χ3n) is 1.67. The summed E-state index contributed by atoms with van der Waals surface area (Å²) >= 11 is 2.86. The molecule has 0 aliphatic rings. The number of alkyl halides is 3. The van der Waals surface area contributed by atoms with Crippen molar-refractivity contribution >= 4 is 27.6 Å². The Hall–Kier alpha value is -1.24. The van der Waals surface area contributed by atoms with Crippen LogP contribution in [-0.4, -0.2) is 11.1 Å². The van der Waals surface area contributed by atoms with Crippen molar-refractivity contribution < 1.29 is 23.1 Å². The van der Waals surface area contributed by atoms with Gasteiger partial charge in [0.2, 0.25) is 0 Å². The van der Waals surface area contributed by atoms with E-state index in [1.165, 1.54) is 0 Å². The summed E-state index contributed by atoms with van der Waals surface area (Å²) in [5.41, 5.74) is 3.00. The molecule has 82 valence electrons. The molecule has 1 aromatic rings. The molecule has 0 bridgehead atoms. The zero-order chi connectivity index (χ0) is 11.8. The van der Waals surface area contributed by atoms with E-state index in [0.29, 0.717) is 6.07 Å². The van der Waals surface area contributed by atoms with Gasteiger partial charge in [-0.05, 0) is 28.1 Å². The second-order valence-corrected chi connectivity index (χ2v) is 3.58. The van der Waals surface area contributed by atoms with Gasteiger partial charge in [0, 0.05) is 10.2 Å². The lowest BCUT2D eigenvalue weighted by molar-refractivity contribution is -0.138. The van der Waals surface area contributed by atoms with Crippen LogP contribution in [0.3, 0.4) is 0 Å². The summed E-state index contributed by atoms with van der Waals surface area (Å²) in [6.07, 6.45) is -4.73. The topological polar surface area (TPSA) is 63.3 Å². The number of carbonyl (C=O) groups is 1. The molecule has 0 radical (unpaired) electrons. The van der Waals surface area contributed by atoms with Gasteiger partial charge in [0.05, 0.1) is 11.1 Å². The van der Waals surface area contributed by atoms with Crippen molar-refractivity contribution in [3.8, 4) is 0 Å². The van der Waals surface area contributed by atoms with E-state index in [9.17, 15) is 18.0 Å². The summed E-state index contributed by atoms with van der Waals surface area (Å²) in [5.74, 6) is -1.65. The van der Waals surface area contributed by atoms with Gasteiger partial charge in [-0.1, -0.05) is 0 Å². The van der Waals surface area contributed by atoms with Gasteiger partial charge in [0.1, 0.15) is 0 Å². The molecule has 3 nitrogen and oxygen atoms in total. The van der Waals surface area contributed by atoms with Crippen LogP contribution < -0.4 is 5.73 Å². The Bertz CT molecular complexity index is 417. The number of carboxylic acids is 1. The van der Waals surface area contributed by atoms with Crippen LogP contribution in [0, 0.1) is 0 Å². The molecule has 0 fully saturated rings. The number of carboxylic acid groups (broad SMARTS) is 1. The van der Waals surface area contributed by atoms with Gasteiger partial charge in [-0.25, -0.2) is 4.79 Å². The van der Waals surface area contributed by atoms with Gasteiger partial charge >= 0.3 is 12.1 Å². The minimum Gasteiger partial charge on any atom is -0.478 e. The Morgan fingerprint density at radius 3 is 2.33 bits per heavy atom. The Kier molecular flexibility index (Phi) is 2.94. The Morgan fingerprint density at radius 2 is 1.93 bits per heavy atom. The number of anilines is 1. The van der Waals surface area contributed by atoms with Gasteiger partial charge in [0.15, 0.2) is 0 Å². The zero-order valence-corrected chi connectivity index (χ0v) is 8.69. The van der Waals surface area contributed by atoms with Crippen molar-refractivity contribution in [1.82, 2.24) is 0 Å². The molecule has 0 saturated heterocycles. The van der Waals surface area contributed by atoms with E-state index < -0.39 is 23.3 Å². The van der Waals surface area contributed by atoms with E-state index in [1.54, 1.807) is 0 Å². The first kappa shape index (κ1) is 11.8. The highest BCUT2D eigenvalue weighted by Gasteiger charge is 2.35. The molecule has 7 heteroatoms. The zero-order valence-electron chi connectivity index (χ0n) is 7.10. The number of benzene rings is 1. The van der Waals surface area contributed by atoms with Crippen LogP contribution in [0.25, 0.3) is 0 Å². The molecule has 15 heavy (non-hydrogen) atoms. The fourth-order valence-corrected chi connectivity index (χ4v) is 1.34. The number of halogens is 4. The first-order chi connectivity index (χ1) is 6.73. The van der Waals surface area contributed by atoms with Gasteiger partial charge in [-0.15, -0.1) is 0 Å². The summed E-state index contributed by atoms with van der Waals surface area (Å²) in [5, 5.41) is 8.58. The predicted molar refractivity (Wildman–Crippen MR) is 50.5 cm³/mol. The molecule has 0 aliphatic heterocycles. The predicted octanol–water partition coefficient (Wildman–Crippen LogP) is 2.75. The smallest absolute Gasteiger partial charge is 0.417 e. The Balaban J connectivity index is 3.49. The van der Waals surface area contributed by atoms with Gasteiger partial charge < -0.3 is 10.8 Å². The van der Waals surface area contributed by atoms with E-state index >= 15 is 0 Å². The second-order valence-electron chi connectivity index (χ2n) is 2.72. The van der Waals surface area contributed by atoms with Crippen molar-refractivity contribution in [2.45, 2.75) is 6.18 Å². The number of nitrogen functional groups attached to an aromatic ring is 1. The van der Waals surface area contributed by atoms with E-state index in [2.05, 4.69) is 15.9 Å². The molecule has 0 heterocycles. The minimum absolute atomic E-state index is 0.118. The molecular weight excluding hydrogens is 279 g/mol. The molecule has 3 N–H and O–H groups in total. The summed E-state index contributed by atoms with van der Waals surface area (Å²) in [6.45, 7) is 0. The molecular formula is C8H5BrF3NO2. The molecule has 0 atom stereocenters. The van der Waals surface area contributed by atoms with Crippen LogP contribution in [-0.2, 0) is 6.18 Å². The fraction of sp³-hybridized carbons (Fsp3) is 0.125. The third-order valence-corrected chi connectivity index (χ3v) is 2.36. The van der Waals surface area contributed by atoms with Crippen molar-refractivity contribution in [3.05, 3.63) is 27.7 Å². The molecule has 0 aromatic heterocycles. The molecule has 0 spiro atoms. The lowest BCUT2D eigenvalue weighted by Crippen LogP contribution is -2.13. The quantitative estimate of drug-likeness (QED) is 0.779. The van der Waals surface area contributed by atoms with Crippen LogP contribution in [0.15, 0.2) is 16.6 Å². The van der Waals surface area contributed by atoms with Crippen molar-refractivity contribution in [3.63, 3.8) is 0 Å². The number of hydrogen-bond donors (Lipinski definition) is 2. The normalized spacial score (nSPS) is 11.5. The Labute approximate surface area is 90.8 Å². The maximum atomic E-state index is 12.4. The second kappa shape index (κ2) is 3.73. The molecule has 0 unspecified atom stereocenters. The molecule has 1 aromatic carbocycles. The highest BCUT2D eigenvalue weighted by atomic mass is 79.9. The van der Waals surface area contributed by atoms with Crippen LogP contribution in [0.1, 0.15) is 15.9 Å². The average molecular weight is 284 g/mol. The average Bonchev–Trinajstić information content (AvgIpc) is 2.06. The third kappa shape index (κ3) is 2.41. The number of aromatic carboxylic acids is 1. The fourth-order valence-electron chi connectivity index (χ4n) is 1.00. The standard InChI is InChI=1S/C8H5BrF3NO2/c9-5-1-3(7(14)15)4(2-6(5)13)8(10,11)12/h1-2H,13H2,(H,14,15). The summed E-state index contributed by atoms with van der Waals surface area (Å²) in [6, 6.07) is 1.42. The van der Waals surface area contributed by atoms with Crippen LogP contribution in [0.4, 0.5) is 18.9 Å². The van der Waals surface area contributed by atoms with Crippen LogP contribution in [0.5, 0.6) is 0 Å². The lowest BCUT2D eigenvalue weighted by atomic mass is 10.1. The lowest BCUT2D eigenvalue weighted by Gasteiger charge is -2.11. The van der Waals surface area contributed by atoms with Crippen LogP contribution >= 0.6 is 15.9 Å². The molecule has 0 saturated carbocycles. The van der Waals surface area contributed by atoms with Gasteiger partial charge in [0.25, 0.3) is 0 Å². The van der Waals surface area contributed by atoms with E-state index in [0.717, 1.165) is 6.07 Å². The first-order valence-electron chi connectivity index (χ1n) is 3.63. The summed E-state index contributed by atoms with van der Waals surface area (Å²) in [7, 11) is 0. The van der Waals surface area contributed by atoms with Crippen molar-refractivity contribution in [2.75, 3.05) is 5.73 Å². The van der Waals surface area contributed by atoms with Gasteiger partial charge in [-0.2, -0.15) is 13.2 Å². The maximum Gasteiger partial charge on any atom is 0.417 e. The number of hydrogen-bond acceptors (Lipinski definition) is 2. The minimum atomic E-state index is -4.73. The van der Waals surface area contributed by atoms with Crippen molar-refractivity contribution in [1.29, 1.82) is 0 Å². The largest absolute Gasteiger partial charge is 0.478 e. The number of nitrogens with two attached hydrogens (primary N) is 1. The highest BCUT2D eigenvalue weighted by molar-refractivity contribution is 9.10.